The number of nitrogens with zero attached hydrogens (tertiary/aromatic N) is 6. The van der Waals surface area contributed by atoms with E-state index in [-0.39, 0.29) is 5.41 Å². The molecule has 1 aliphatic rings. The van der Waals surface area contributed by atoms with Crippen molar-refractivity contribution < 1.29 is 13.2 Å². The first-order valence-electron chi connectivity index (χ1n) is 11.8. The molecular formula is C24H26N8O3S3. The molecule has 5 rings (SSSR count). The summed E-state index contributed by atoms with van der Waals surface area (Å²) >= 11 is 2.69. The summed E-state index contributed by atoms with van der Waals surface area (Å²) in [5.41, 5.74) is 0.388. The quantitative estimate of drug-likeness (QED) is 0.314. The van der Waals surface area contributed by atoms with Crippen molar-refractivity contribution in [1.82, 2.24) is 28.6 Å². The number of hydrogen-bond donors (Lipinski definition) is 2. The van der Waals surface area contributed by atoms with Gasteiger partial charge in [0, 0.05) is 59.6 Å². The van der Waals surface area contributed by atoms with E-state index >= 15 is 0 Å². The summed E-state index contributed by atoms with van der Waals surface area (Å²) in [6.45, 7) is 4.58. The van der Waals surface area contributed by atoms with Crippen LogP contribution in [0.4, 0.5) is 10.9 Å². The Morgan fingerprint density at radius 3 is 2.61 bits per heavy atom. The third-order valence-electron chi connectivity index (χ3n) is 6.24. The highest BCUT2D eigenvalue weighted by atomic mass is 32.2. The maximum Gasteiger partial charge on any atom is 0.276 e. The number of pyridine rings is 3. The molecule has 0 aliphatic carbocycles. The van der Waals surface area contributed by atoms with E-state index in [4.69, 9.17) is 14.9 Å². The molecule has 0 spiro atoms. The Morgan fingerprint density at radius 1 is 1.11 bits per heavy atom. The summed E-state index contributed by atoms with van der Waals surface area (Å²) in [5.74, 6) is 2.26. The molecule has 0 bridgehead atoms. The molecule has 4 aromatic rings. The number of hydrogen-bond acceptors (Lipinski definition) is 11. The number of aryl methyl sites for hydroxylation is 1. The monoisotopic (exact) mass is 570 g/mol. The lowest BCUT2D eigenvalue weighted by atomic mass is 9.80. The fraction of sp³-hybridized carbons (Fsp3) is 0.292. The second-order valence-electron chi connectivity index (χ2n) is 9.03. The maximum absolute atomic E-state index is 11.7. The van der Waals surface area contributed by atoms with Gasteiger partial charge in [0.2, 0.25) is 5.13 Å². The van der Waals surface area contributed by atoms with Gasteiger partial charge in [0.15, 0.2) is 17.4 Å². The van der Waals surface area contributed by atoms with Crippen LogP contribution in [0.3, 0.4) is 0 Å². The smallest absolute Gasteiger partial charge is 0.276 e. The average Bonchev–Trinajstić information content (AvgIpc) is 3.37. The Morgan fingerprint density at radius 2 is 1.89 bits per heavy atom. The van der Waals surface area contributed by atoms with Crippen molar-refractivity contribution in [1.29, 1.82) is 0 Å². The molecule has 5 heterocycles. The number of rotatable bonds is 8. The van der Waals surface area contributed by atoms with Crippen LogP contribution in [0.25, 0.3) is 0 Å². The van der Waals surface area contributed by atoms with E-state index in [1.807, 2.05) is 50.2 Å². The van der Waals surface area contributed by atoms with Crippen LogP contribution >= 0.6 is 23.3 Å². The van der Waals surface area contributed by atoms with Crippen molar-refractivity contribution >= 4 is 44.5 Å². The lowest BCUT2D eigenvalue weighted by Crippen LogP contribution is -2.46. The minimum atomic E-state index is -3.70. The second-order valence-corrected chi connectivity index (χ2v) is 12.4. The van der Waals surface area contributed by atoms with Gasteiger partial charge in [-0.2, -0.15) is 17.1 Å². The number of piperidine rings is 1. The second kappa shape index (κ2) is 10.9. The summed E-state index contributed by atoms with van der Waals surface area (Å²) in [5, 5.41) is 9.94. The number of nitrogens with two attached hydrogens (primary N) is 1. The van der Waals surface area contributed by atoms with Crippen molar-refractivity contribution in [3.05, 3.63) is 66.5 Å². The summed E-state index contributed by atoms with van der Waals surface area (Å²) in [7, 11) is -3.70. The summed E-state index contributed by atoms with van der Waals surface area (Å²) < 4.78 is 35.5. The van der Waals surface area contributed by atoms with E-state index in [9.17, 15) is 8.42 Å². The van der Waals surface area contributed by atoms with Crippen LogP contribution in [0, 0.1) is 6.92 Å². The van der Waals surface area contributed by atoms with Crippen molar-refractivity contribution in [2.45, 2.75) is 42.0 Å². The lowest BCUT2D eigenvalue weighted by Gasteiger charge is -2.35. The summed E-state index contributed by atoms with van der Waals surface area (Å²) in [4.78, 5) is 18.9. The van der Waals surface area contributed by atoms with Crippen LogP contribution in [-0.2, 0) is 15.6 Å². The van der Waals surface area contributed by atoms with Gasteiger partial charge in [0.25, 0.3) is 10.2 Å². The molecule has 0 saturated carbocycles. The van der Waals surface area contributed by atoms with E-state index in [1.54, 1.807) is 18.6 Å². The van der Waals surface area contributed by atoms with Crippen LogP contribution in [-0.4, -0.2) is 50.1 Å². The van der Waals surface area contributed by atoms with Crippen LogP contribution < -0.4 is 15.2 Å². The van der Waals surface area contributed by atoms with E-state index in [1.165, 1.54) is 27.6 Å². The normalized spacial score (nSPS) is 15.8. The molecule has 1 fully saturated rings. The SMILES string of the molecule is Cc1ncccc1Oc1cc(Sc2ccccn2)cnc1Nc1nc(C2(C)CCN(S(N)(=O)=O)CC2)ns1. The topological polar surface area (TPSA) is 149 Å². The molecule has 0 unspecified atom stereocenters. The Balaban J connectivity index is 1.38. The fourth-order valence-electron chi connectivity index (χ4n) is 3.96. The first-order chi connectivity index (χ1) is 18.2. The van der Waals surface area contributed by atoms with Crippen LogP contribution in [0.5, 0.6) is 11.5 Å². The number of nitrogens with one attached hydrogen (secondary N) is 1. The largest absolute Gasteiger partial charge is 0.452 e. The minimum absolute atomic E-state index is 0.330. The average molecular weight is 571 g/mol. The first kappa shape index (κ1) is 26.4. The standard InChI is InChI=1S/C24H26N8O3S3/c1-16-18(6-5-11-26-16)35-19-14-17(36-20-7-3-4-10-27-20)15-28-21(19)29-23-30-22(31-37-23)24(2)8-12-32(13-9-24)38(25,33)34/h3-7,10-11,14-15H,8-9,12-13H2,1-2H3,(H2,25,33,34)(H,28,29,30,31). The number of anilines is 2. The number of aromatic nitrogens is 5. The Hall–Kier alpha value is -3.17. The summed E-state index contributed by atoms with van der Waals surface area (Å²) in [6, 6.07) is 11.3. The lowest BCUT2D eigenvalue weighted by molar-refractivity contribution is 0.241. The van der Waals surface area contributed by atoms with Crippen molar-refractivity contribution in [3.63, 3.8) is 0 Å². The van der Waals surface area contributed by atoms with E-state index in [2.05, 4.69) is 24.6 Å². The van der Waals surface area contributed by atoms with Gasteiger partial charge in [-0.25, -0.2) is 20.1 Å². The predicted molar refractivity (Wildman–Crippen MR) is 146 cm³/mol. The summed E-state index contributed by atoms with van der Waals surface area (Å²) in [6.07, 6.45) is 6.35. The zero-order valence-electron chi connectivity index (χ0n) is 20.7. The van der Waals surface area contributed by atoms with Gasteiger partial charge in [0.1, 0.15) is 10.8 Å². The van der Waals surface area contributed by atoms with Gasteiger partial charge in [0.05, 0.1) is 5.69 Å². The molecular weight excluding hydrogens is 545 g/mol. The van der Waals surface area contributed by atoms with Crippen LogP contribution in [0.15, 0.2) is 64.9 Å². The first-order valence-corrected chi connectivity index (χ1v) is 14.9. The Bertz CT molecular complexity index is 1520. The zero-order valence-corrected chi connectivity index (χ0v) is 23.2. The fourth-order valence-corrected chi connectivity index (χ4v) is 6.12. The van der Waals surface area contributed by atoms with Crippen molar-refractivity contribution in [3.8, 4) is 11.5 Å². The molecule has 0 amide bonds. The molecule has 11 nitrogen and oxygen atoms in total. The minimum Gasteiger partial charge on any atom is -0.452 e. The molecule has 1 saturated heterocycles. The van der Waals surface area contributed by atoms with E-state index in [0.29, 0.717) is 54.2 Å². The molecule has 4 aromatic heterocycles. The highest BCUT2D eigenvalue weighted by Gasteiger charge is 2.38. The van der Waals surface area contributed by atoms with Crippen LogP contribution in [0.2, 0.25) is 0 Å². The van der Waals surface area contributed by atoms with Gasteiger partial charge in [-0.1, -0.05) is 24.8 Å². The molecule has 1 aliphatic heterocycles. The van der Waals surface area contributed by atoms with Gasteiger partial charge < -0.3 is 10.1 Å². The van der Waals surface area contributed by atoms with Gasteiger partial charge in [-0.3, -0.25) is 4.98 Å². The maximum atomic E-state index is 11.7. The molecule has 0 aromatic carbocycles. The molecule has 198 valence electrons. The molecule has 0 radical (unpaired) electrons. The van der Waals surface area contributed by atoms with E-state index < -0.39 is 10.2 Å². The third kappa shape index (κ3) is 6.10. The van der Waals surface area contributed by atoms with Gasteiger partial charge in [-0.15, -0.1) is 0 Å². The van der Waals surface area contributed by atoms with Gasteiger partial charge in [-0.05, 0) is 44.0 Å². The zero-order chi connectivity index (χ0) is 26.8. The molecule has 38 heavy (non-hydrogen) atoms. The van der Waals surface area contributed by atoms with Gasteiger partial charge >= 0.3 is 0 Å². The Labute approximate surface area is 229 Å². The number of ether oxygens (including phenoxy) is 1. The molecule has 14 heteroatoms. The van der Waals surface area contributed by atoms with Crippen molar-refractivity contribution in [2.24, 2.45) is 5.14 Å². The molecule has 3 N–H and O–H groups in total. The molecule has 0 atom stereocenters. The predicted octanol–water partition coefficient (Wildman–Crippen LogP) is 4.28. The van der Waals surface area contributed by atoms with Crippen molar-refractivity contribution in [2.75, 3.05) is 18.4 Å². The third-order valence-corrected chi connectivity index (χ3v) is 8.87. The Kier molecular flexibility index (Phi) is 7.59. The van der Waals surface area contributed by atoms with Crippen LogP contribution in [0.1, 0.15) is 31.3 Å². The highest BCUT2D eigenvalue weighted by molar-refractivity contribution is 7.99. The van der Waals surface area contributed by atoms with E-state index in [0.717, 1.165) is 15.6 Å². The highest BCUT2D eigenvalue weighted by Crippen LogP contribution is 2.38.